The number of halogens is 1. The molecule has 3 aromatic rings. The van der Waals surface area contributed by atoms with E-state index in [9.17, 15) is 4.39 Å². The van der Waals surface area contributed by atoms with Gasteiger partial charge in [0.1, 0.15) is 5.83 Å². The Morgan fingerprint density at radius 2 is 1.88 bits per heavy atom. The van der Waals surface area contributed by atoms with Crippen molar-refractivity contribution in [1.82, 2.24) is 5.32 Å². The highest BCUT2D eigenvalue weighted by Gasteiger charge is 2.11. The molecule has 0 saturated carbocycles. The Morgan fingerprint density at radius 1 is 1.06 bits per heavy atom. The van der Waals surface area contributed by atoms with Gasteiger partial charge >= 0.3 is 0 Å². The normalized spacial score (nSPS) is 14.5. The van der Waals surface area contributed by atoms with E-state index in [2.05, 4.69) is 15.7 Å². The molecule has 0 fully saturated rings. The second kappa shape index (κ2) is 10.2. The van der Waals surface area contributed by atoms with Crippen LogP contribution < -0.4 is 27.2 Å². The molecule has 0 spiro atoms. The summed E-state index contributed by atoms with van der Waals surface area (Å²) >= 11 is 0. The molecule has 0 radical (unpaired) electrons. The summed E-state index contributed by atoms with van der Waals surface area (Å²) in [6.07, 6.45) is 4.40. The van der Waals surface area contributed by atoms with Gasteiger partial charge in [0.2, 0.25) is 0 Å². The lowest BCUT2D eigenvalue weighted by Crippen LogP contribution is -2.29. The highest BCUT2D eigenvalue weighted by atomic mass is 19.1. The van der Waals surface area contributed by atoms with Crippen molar-refractivity contribution in [3.05, 3.63) is 102 Å². The zero-order valence-electron chi connectivity index (χ0n) is 17.9. The lowest BCUT2D eigenvalue weighted by Gasteiger charge is -2.27. The van der Waals surface area contributed by atoms with Crippen molar-refractivity contribution in [2.45, 2.75) is 6.54 Å². The first-order valence-corrected chi connectivity index (χ1v) is 10.4. The molecule has 0 amide bonds. The molecule has 4 rings (SSSR count). The minimum Gasteiger partial charge on any atom is -0.456 e. The van der Waals surface area contributed by atoms with Crippen molar-refractivity contribution in [3.63, 3.8) is 0 Å². The van der Waals surface area contributed by atoms with E-state index in [1.807, 2.05) is 65.7 Å². The fraction of sp³-hybridized carbons (Fsp3) is 0.0800. The molecule has 7 nitrogen and oxygen atoms in total. The van der Waals surface area contributed by atoms with Crippen LogP contribution in [0.3, 0.4) is 0 Å². The van der Waals surface area contributed by atoms with Crippen molar-refractivity contribution >= 4 is 34.9 Å². The molecule has 0 aromatic heterocycles. The van der Waals surface area contributed by atoms with Crippen LogP contribution in [0.1, 0.15) is 11.1 Å². The number of rotatable bonds is 7. The molecule has 0 aliphatic carbocycles. The van der Waals surface area contributed by atoms with Gasteiger partial charge in [-0.1, -0.05) is 30.3 Å². The summed E-state index contributed by atoms with van der Waals surface area (Å²) in [5.41, 5.74) is 19.6. The number of ether oxygens (including phenoxy) is 1. The zero-order valence-corrected chi connectivity index (χ0v) is 17.9. The minimum absolute atomic E-state index is 0.208. The molecule has 168 valence electrons. The van der Waals surface area contributed by atoms with E-state index in [1.165, 1.54) is 18.5 Å². The van der Waals surface area contributed by atoms with Crippen LogP contribution in [-0.2, 0) is 11.3 Å². The summed E-state index contributed by atoms with van der Waals surface area (Å²) in [4.78, 5) is 3.88. The lowest BCUT2D eigenvalue weighted by atomic mass is 10.1. The van der Waals surface area contributed by atoms with Crippen LogP contribution in [-0.4, -0.2) is 13.1 Å². The van der Waals surface area contributed by atoms with E-state index < -0.39 is 5.83 Å². The largest absolute Gasteiger partial charge is 0.456 e. The van der Waals surface area contributed by atoms with Gasteiger partial charge in [0.05, 0.1) is 24.3 Å². The first-order chi connectivity index (χ1) is 16.1. The van der Waals surface area contributed by atoms with Crippen LogP contribution >= 0.6 is 0 Å². The number of anilines is 4. The van der Waals surface area contributed by atoms with Crippen LogP contribution in [0, 0.1) is 0 Å². The molecule has 0 atom stereocenters. The van der Waals surface area contributed by atoms with Crippen LogP contribution in [0.2, 0.25) is 0 Å². The number of aliphatic imine (C=N–C) groups is 1. The maximum Gasteiger partial charge on any atom is 0.194 e. The van der Waals surface area contributed by atoms with Crippen LogP contribution in [0.5, 0.6) is 0 Å². The average molecular weight is 445 g/mol. The molecule has 3 aromatic carbocycles. The predicted molar refractivity (Wildman–Crippen MR) is 133 cm³/mol. The Kier molecular flexibility index (Phi) is 6.75. The van der Waals surface area contributed by atoms with Crippen LogP contribution in [0.4, 0.5) is 27.1 Å². The topological polar surface area (TPSA) is 101 Å². The van der Waals surface area contributed by atoms with Gasteiger partial charge < -0.3 is 21.5 Å². The number of nitrogens with two attached hydrogens (primary N) is 2. The van der Waals surface area contributed by atoms with Gasteiger partial charge in [0, 0.05) is 23.0 Å². The SMILES string of the molecule is Nc1ccc(CN(Nc2cccc(N)c2)c2cccc(/C(F)=C/C=C3NC=NCO3)c2)cc1. The van der Waals surface area contributed by atoms with E-state index in [1.54, 1.807) is 12.1 Å². The summed E-state index contributed by atoms with van der Waals surface area (Å²) in [5.74, 6) is 0.0401. The van der Waals surface area contributed by atoms with Gasteiger partial charge in [0.25, 0.3) is 0 Å². The van der Waals surface area contributed by atoms with Crippen molar-refractivity contribution < 1.29 is 9.13 Å². The molecule has 33 heavy (non-hydrogen) atoms. The zero-order chi connectivity index (χ0) is 23.0. The Labute approximate surface area is 191 Å². The summed E-state index contributed by atoms with van der Waals surface area (Å²) in [7, 11) is 0. The molecule has 0 saturated heterocycles. The van der Waals surface area contributed by atoms with Crippen molar-refractivity contribution in [2.24, 2.45) is 4.99 Å². The maximum atomic E-state index is 14.9. The van der Waals surface area contributed by atoms with Gasteiger partial charge in [-0.15, -0.1) is 0 Å². The van der Waals surface area contributed by atoms with Gasteiger partial charge in [0.15, 0.2) is 12.6 Å². The van der Waals surface area contributed by atoms with E-state index in [4.69, 9.17) is 16.2 Å². The van der Waals surface area contributed by atoms with Crippen molar-refractivity contribution in [1.29, 1.82) is 0 Å². The third kappa shape index (κ3) is 6.04. The number of nitrogen functional groups attached to an aromatic ring is 2. The lowest BCUT2D eigenvalue weighted by molar-refractivity contribution is 0.201. The third-order valence-electron chi connectivity index (χ3n) is 4.88. The Bertz CT molecular complexity index is 1190. The fourth-order valence-corrected chi connectivity index (χ4v) is 3.22. The summed E-state index contributed by atoms with van der Waals surface area (Å²) < 4.78 is 20.2. The highest BCUT2D eigenvalue weighted by Crippen LogP contribution is 2.26. The van der Waals surface area contributed by atoms with Crippen LogP contribution in [0.25, 0.3) is 5.83 Å². The minimum atomic E-state index is -0.395. The fourth-order valence-electron chi connectivity index (χ4n) is 3.22. The maximum absolute atomic E-state index is 14.9. The first-order valence-electron chi connectivity index (χ1n) is 10.4. The predicted octanol–water partition coefficient (Wildman–Crippen LogP) is 4.64. The van der Waals surface area contributed by atoms with Gasteiger partial charge in [-0.3, -0.25) is 10.4 Å². The molecule has 1 heterocycles. The highest BCUT2D eigenvalue weighted by molar-refractivity contribution is 5.67. The molecule has 0 bridgehead atoms. The second-order valence-corrected chi connectivity index (χ2v) is 7.39. The Balaban J connectivity index is 1.61. The van der Waals surface area contributed by atoms with E-state index in [-0.39, 0.29) is 6.73 Å². The Morgan fingerprint density at radius 3 is 2.64 bits per heavy atom. The number of nitrogens with one attached hydrogen (secondary N) is 2. The summed E-state index contributed by atoms with van der Waals surface area (Å²) in [6, 6.07) is 22.3. The summed E-state index contributed by atoms with van der Waals surface area (Å²) in [5, 5.41) is 4.75. The molecule has 6 N–H and O–H groups in total. The number of hydrogen-bond donors (Lipinski definition) is 4. The standard InChI is InChI=1S/C25H25FN6O/c26-24(11-12-25-30-16-29-17-33-25)19-3-1-6-23(13-19)32(15-18-7-9-20(27)10-8-18)31-22-5-2-4-21(28)14-22/h1-14,16,31H,15,17,27-28H2,(H,29,30)/b24-11-,25-12?. The smallest absolute Gasteiger partial charge is 0.194 e. The second-order valence-electron chi connectivity index (χ2n) is 7.39. The van der Waals surface area contributed by atoms with Gasteiger partial charge in [-0.05, 0) is 54.1 Å². The molecule has 0 unspecified atom stereocenters. The number of allylic oxidation sites excluding steroid dienone is 2. The average Bonchev–Trinajstić information content (AvgIpc) is 2.84. The van der Waals surface area contributed by atoms with Gasteiger partial charge in [-0.2, -0.15) is 0 Å². The quantitative estimate of drug-likeness (QED) is 0.313. The van der Waals surface area contributed by atoms with Crippen LogP contribution in [0.15, 0.2) is 95.8 Å². The molecule has 8 heteroatoms. The first kappa shape index (κ1) is 21.8. The van der Waals surface area contributed by atoms with E-state index in [0.29, 0.717) is 29.4 Å². The van der Waals surface area contributed by atoms with Gasteiger partial charge in [-0.25, -0.2) is 9.38 Å². The van der Waals surface area contributed by atoms with E-state index in [0.717, 1.165) is 16.9 Å². The molecule has 1 aliphatic rings. The number of hydrazine groups is 1. The number of benzene rings is 3. The molecular weight excluding hydrogens is 419 g/mol. The monoisotopic (exact) mass is 444 g/mol. The number of hydrogen-bond acceptors (Lipinski definition) is 7. The summed E-state index contributed by atoms with van der Waals surface area (Å²) in [6.45, 7) is 0.727. The molecule has 1 aliphatic heterocycles. The molecular formula is C25H25FN6O. The Hall–Kier alpha value is -4.46. The van der Waals surface area contributed by atoms with E-state index >= 15 is 0 Å². The van der Waals surface area contributed by atoms with Crippen molar-refractivity contribution in [2.75, 3.05) is 28.6 Å². The third-order valence-corrected chi connectivity index (χ3v) is 4.88. The van der Waals surface area contributed by atoms with Crippen molar-refractivity contribution in [3.8, 4) is 0 Å². The number of nitrogens with zero attached hydrogens (tertiary/aromatic N) is 2.